The summed E-state index contributed by atoms with van der Waals surface area (Å²) in [6, 6.07) is 5.40. The highest BCUT2D eigenvalue weighted by Gasteiger charge is 2.41. The molecule has 166 valence electrons. The van der Waals surface area contributed by atoms with Gasteiger partial charge in [-0.05, 0) is 49.3 Å². The zero-order valence-electron chi connectivity index (χ0n) is 16.5. The maximum atomic E-state index is 13.0. The van der Waals surface area contributed by atoms with E-state index in [1.54, 1.807) is 0 Å². The van der Waals surface area contributed by atoms with Crippen LogP contribution in [0.4, 0.5) is 9.18 Å². The number of aromatic hydroxyl groups is 1. The quantitative estimate of drug-likeness (QED) is 0.397. The third kappa shape index (κ3) is 5.00. The van der Waals surface area contributed by atoms with E-state index in [2.05, 4.69) is 20.6 Å². The predicted octanol–water partition coefficient (Wildman–Crippen LogP) is 1.19. The molecule has 0 spiro atoms. The van der Waals surface area contributed by atoms with Crippen LogP contribution in [0.5, 0.6) is 5.75 Å². The van der Waals surface area contributed by atoms with Crippen molar-refractivity contribution in [2.24, 2.45) is 5.92 Å². The lowest BCUT2D eigenvalue weighted by Gasteiger charge is -2.38. The van der Waals surface area contributed by atoms with Crippen LogP contribution in [0.2, 0.25) is 0 Å². The number of hydrogen-bond acceptors (Lipinski definition) is 6. The smallest absolute Gasteiger partial charge is 0.405 e. The number of hydrogen-bond donors (Lipinski definition) is 6. The molecular weight excluding hydrogens is 411 g/mol. The van der Waals surface area contributed by atoms with Gasteiger partial charge in [-0.3, -0.25) is 9.59 Å². The number of carbonyl (C=O) groups is 2. The number of aliphatic hydroxyl groups is 1. The molecule has 1 aromatic carbocycles. The minimum atomic E-state index is -1.33. The number of aromatic nitrogens is 2. The molecule has 0 aliphatic heterocycles. The fourth-order valence-corrected chi connectivity index (χ4v) is 3.70. The van der Waals surface area contributed by atoms with Gasteiger partial charge in [-0.2, -0.15) is 0 Å². The molecule has 6 N–H and O–H groups in total. The van der Waals surface area contributed by atoms with Gasteiger partial charge in [-0.1, -0.05) is 12.1 Å². The van der Waals surface area contributed by atoms with Gasteiger partial charge in [0.2, 0.25) is 5.75 Å². The molecule has 1 aliphatic carbocycles. The number of nitrogens with zero attached hydrogens (tertiary/aromatic N) is 1. The number of aromatic amines is 1. The van der Waals surface area contributed by atoms with Gasteiger partial charge in [-0.15, -0.1) is 0 Å². The van der Waals surface area contributed by atoms with Crippen LogP contribution in [-0.4, -0.2) is 43.9 Å². The van der Waals surface area contributed by atoms with Crippen LogP contribution >= 0.6 is 0 Å². The van der Waals surface area contributed by atoms with E-state index in [0.29, 0.717) is 18.4 Å². The van der Waals surface area contributed by atoms with E-state index < -0.39 is 40.4 Å². The maximum absolute atomic E-state index is 13.0. The normalized spacial score (nSPS) is 20.8. The first-order valence-corrected chi connectivity index (χ1v) is 9.72. The Bertz CT molecular complexity index is 1020. The van der Waals surface area contributed by atoms with Gasteiger partial charge in [0.05, 0.1) is 0 Å². The molecule has 10 nitrogen and oxygen atoms in total. The van der Waals surface area contributed by atoms with Crippen molar-refractivity contribution in [1.29, 1.82) is 0 Å². The summed E-state index contributed by atoms with van der Waals surface area (Å²) in [4.78, 5) is 42.8. The lowest BCUT2D eigenvalue weighted by molar-refractivity contribution is 0.0939. The molecule has 11 heteroatoms. The Hall–Kier alpha value is -3.47. The Kier molecular flexibility index (Phi) is 6.54. The molecule has 1 saturated carbocycles. The minimum Gasteiger partial charge on any atom is -0.501 e. The number of carboxylic acid groups (broad SMARTS) is 1. The number of rotatable bonds is 6. The molecule has 3 rings (SSSR count). The van der Waals surface area contributed by atoms with E-state index in [0.717, 1.165) is 0 Å². The largest absolute Gasteiger partial charge is 0.501 e. The Balaban J connectivity index is 1.89. The lowest BCUT2D eigenvalue weighted by atomic mass is 9.76. The first-order valence-electron chi connectivity index (χ1n) is 9.72. The summed E-state index contributed by atoms with van der Waals surface area (Å²) in [5.74, 6) is -2.26. The summed E-state index contributed by atoms with van der Waals surface area (Å²) < 4.78 is 13.0. The Labute approximate surface area is 176 Å². The average molecular weight is 434 g/mol. The first-order chi connectivity index (χ1) is 14.7. The molecule has 0 unspecified atom stereocenters. The number of H-pyrrole nitrogens is 1. The van der Waals surface area contributed by atoms with E-state index in [9.17, 15) is 34.1 Å². The monoisotopic (exact) mass is 434 g/mol. The molecule has 1 heterocycles. The topological polar surface area (TPSA) is 165 Å². The average Bonchev–Trinajstić information content (AvgIpc) is 2.75. The summed E-state index contributed by atoms with van der Waals surface area (Å²) >= 11 is 0. The second-order valence-corrected chi connectivity index (χ2v) is 7.56. The van der Waals surface area contributed by atoms with Gasteiger partial charge in [0, 0.05) is 13.2 Å². The number of carbonyl (C=O) groups excluding carboxylic acids is 1. The second-order valence-electron chi connectivity index (χ2n) is 7.56. The van der Waals surface area contributed by atoms with Crippen LogP contribution in [0.25, 0.3) is 0 Å². The van der Waals surface area contributed by atoms with E-state index in [1.165, 1.54) is 24.3 Å². The summed E-state index contributed by atoms with van der Waals surface area (Å²) in [7, 11) is 0. The van der Waals surface area contributed by atoms with Crippen LogP contribution in [0, 0.1) is 11.7 Å². The molecule has 1 aliphatic rings. The van der Waals surface area contributed by atoms with Crippen molar-refractivity contribution in [2.45, 2.75) is 37.8 Å². The summed E-state index contributed by atoms with van der Waals surface area (Å²) in [5, 5.41) is 33.6. The number of aliphatic hydroxyl groups excluding tert-OH is 1. The number of nitrogens with one attached hydrogen (secondary N) is 3. The molecule has 1 aromatic heterocycles. The maximum Gasteiger partial charge on any atom is 0.405 e. The van der Waals surface area contributed by atoms with Gasteiger partial charge in [0.25, 0.3) is 11.5 Å². The minimum absolute atomic E-state index is 0.000928. The van der Waals surface area contributed by atoms with E-state index in [1.807, 2.05) is 0 Å². The van der Waals surface area contributed by atoms with Crippen molar-refractivity contribution in [2.75, 3.05) is 6.61 Å². The van der Waals surface area contributed by atoms with Crippen molar-refractivity contribution < 1.29 is 29.3 Å². The molecule has 31 heavy (non-hydrogen) atoms. The highest BCUT2D eigenvalue weighted by atomic mass is 19.1. The van der Waals surface area contributed by atoms with Gasteiger partial charge in [0.1, 0.15) is 17.2 Å². The second kappa shape index (κ2) is 9.13. The Morgan fingerprint density at radius 1 is 1.23 bits per heavy atom. The van der Waals surface area contributed by atoms with Crippen molar-refractivity contribution in [3.05, 3.63) is 57.5 Å². The van der Waals surface area contributed by atoms with Crippen LogP contribution in [0.15, 0.2) is 29.1 Å². The molecular formula is C20H23FN4O6. The summed E-state index contributed by atoms with van der Waals surface area (Å²) in [5.41, 5.74) is -2.20. The van der Waals surface area contributed by atoms with Crippen molar-refractivity contribution in [3.8, 4) is 5.75 Å². The van der Waals surface area contributed by atoms with Crippen molar-refractivity contribution in [3.63, 3.8) is 0 Å². The third-order valence-electron chi connectivity index (χ3n) is 5.49. The predicted molar refractivity (Wildman–Crippen MR) is 106 cm³/mol. The molecule has 2 aromatic rings. The first kappa shape index (κ1) is 22.2. The molecule has 1 fully saturated rings. The van der Waals surface area contributed by atoms with Gasteiger partial charge in [0.15, 0.2) is 5.69 Å². The van der Waals surface area contributed by atoms with Crippen LogP contribution in [0.3, 0.4) is 0 Å². The zero-order valence-corrected chi connectivity index (χ0v) is 16.5. The van der Waals surface area contributed by atoms with Crippen LogP contribution < -0.4 is 16.2 Å². The van der Waals surface area contributed by atoms with E-state index in [4.69, 9.17) is 0 Å². The number of amides is 2. The van der Waals surface area contributed by atoms with Gasteiger partial charge < -0.3 is 30.9 Å². The highest BCUT2D eigenvalue weighted by Crippen LogP contribution is 2.38. The fourth-order valence-electron chi connectivity index (χ4n) is 3.70. The molecule has 0 atom stereocenters. The molecule has 0 bridgehead atoms. The Morgan fingerprint density at radius 2 is 1.87 bits per heavy atom. The Morgan fingerprint density at radius 3 is 2.45 bits per heavy atom. The third-order valence-corrected chi connectivity index (χ3v) is 5.49. The zero-order chi connectivity index (χ0) is 22.6. The van der Waals surface area contributed by atoms with Gasteiger partial charge in [-0.25, -0.2) is 14.2 Å². The molecule has 0 radical (unpaired) electrons. The van der Waals surface area contributed by atoms with Crippen LogP contribution in [0.1, 0.15) is 47.6 Å². The fraction of sp³-hybridized carbons (Fsp3) is 0.400. The number of benzene rings is 1. The summed E-state index contributed by atoms with van der Waals surface area (Å²) in [6.45, 7) is -0.0429. The lowest BCUT2D eigenvalue weighted by Crippen LogP contribution is -2.50. The van der Waals surface area contributed by atoms with Crippen LogP contribution in [-0.2, 0) is 12.1 Å². The van der Waals surface area contributed by atoms with E-state index in [-0.39, 0.29) is 37.7 Å². The van der Waals surface area contributed by atoms with Crippen molar-refractivity contribution in [1.82, 2.24) is 20.6 Å². The number of halogens is 1. The van der Waals surface area contributed by atoms with Crippen molar-refractivity contribution >= 4 is 12.0 Å². The standard InChI is InChI=1S/C20H23FN4O6/c21-13-3-1-11(2-4-13)9-22-16(28)14-15(27)17(29)24-18(23-14)20(25-19(30)31)7-5-12(10-26)6-8-20/h1-4,12,25-27H,5-10H2,(H,22,28)(H,30,31)(H,23,24,29). The molecule has 2 amide bonds. The highest BCUT2D eigenvalue weighted by molar-refractivity contribution is 5.94. The molecule has 0 saturated heterocycles. The summed E-state index contributed by atoms with van der Waals surface area (Å²) in [6.07, 6.45) is 0.116. The SMILES string of the molecule is O=C(O)NC1(c2nc(C(=O)NCc3ccc(F)cc3)c(O)c(=O)[nH]2)CCC(CO)CC1. The van der Waals surface area contributed by atoms with Gasteiger partial charge >= 0.3 is 6.09 Å². The van der Waals surface area contributed by atoms with E-state index >= 15 is 0 Å².